The van der Waals surface area contributed by atoms with Crippen LogP contribution in [0.15, 0.2) is 24.3 Å². The fraction of sp³-hybridized carbons (Fsp3) is 0.526. The molecule has 4 N–H and O–H groups in total. The number of hydrogen-bond acceptors (Lipinski definition) is 4. The van der Waals surface area contributed by atoms with Crippen LogP contribution in [-0.4, -0.2) is 29.4 Å². The van der Waals surface area contributed by atoms with Gasteiger partial charge in [-0.15, -0.1) is 0 Å². The normalized spacial score (nSPS) is 12.7. The molecular formula is C19H30N4O3. The molecule has 0 spiro atoms. The van der Waals surface area contributed by atoms with Gasteiger partial charge in [0.2, 0.25) is 11.8 Å². The van der Waals surface area contributed by atoms with Gasteiger partial charge in [0.15, 0.2) is 0 Å². The van der Waals surface area contributed by atoms with E-state index in [1.165, 1.54) is 0 Å². The second-order valence-electron chi connectivity index (χ2n) is 8.34. The number of hydrogen-bond donors (Lipinski definition) is 4. The summed E-state index contributed by atoms with van der Waals surface area (Å²) in [5, 5.41) is 10.8. The summed E-state index contributed by atoms with van der Waals surface area (Å²) in [7, 11) is 0. The molecule has 0 aliphatic rings. The number of rotatable bonds is 4. The van der Waals surface area contributed by atoms with E-state index in [1.54, 1.807) is 31.2 Å². The van der Waals surface area contributed by atoms with Crippen LogP contribution >= 0.6 is 0 Å². The van der Waals surface area contributed by atoms with Crippen LogP contribution in [0.25, 0.3) is 0 Å². The fourth-order valence-electron chi connectivity index (χ4n) is 1.88. The monoisotopic (exact) mass is 362 g/mol. The summed E-state index contributed by atoms with van der Waals surface area (Å²) in [4.78, 5) is 35.8. The highest BCUT2D eigenvalue weighted by Crippen LogP contribution is 2.19. The van der Waals surface area contributed by atoms with Crippen LogP contribution in [0.5, 0.6) is 0 Å². The van der Waals surface area contributed by atoms with E-state index in [0.717, 1.165) is 0 Å². The van der Waals surface area contributed by atoms with Crippen molar-refractivity contribution in [2.75, 3.05) is 10.6 Å². The van der Waals surface area contributed by atoms with Crippen LogP contribution in [0.3, 0.4) is 0 Å². The van der Waals surface area contributed by atoms with Crippen molar-refractivity contribution in [3.05, 3.63) is 24.3 Å². The largest absolute Gasteiger partial charge is 0.374 e. The lowest BCUT2D eigenvalue weighted by Gasteiger charge is -2.21. The molecule has 0 radical (unpaired) electrons. The SMILES string of the molecule is C[C@@H](Nc1ccc(NC(=O)C(C)(C)C)cc1)C(=O)NC(=O)NC(C)(C)C. The molecule has 0 unspecified atom stereocenters. The van der Waals surface area contributed by atoms with Gasteiger partial charge in [-0.2, -0.15) is 0 Å². The van der Waals surface area contributed by atoms with Crippen molar-refractivity contribution >= 4 is 29.2 Å². The minimum Gasteiger partial charge on any atom is -0.374 e. The Morgan fingerprint density at radius 1 is 0.885 bits per heavy atom. The molecule has 0 aromatic heterocycles. The third-order valence-corrected chi connectivity index (χ3v) is 3.33. The minimum absolute atomic E-state index is 0.0733. The van der Waals surface area contributed by atoms with E-state index < -0.39 is 28.9 Å². The van der Waals surface area contributed by atoms with Crippen molar-refractivity contribution in [1.29, 1.82) is 0 Å². The summed E-state index contributed by atoms with van der Waals surface area (Å²) in [5.74, 6) is -0.507. The molecule has 1 aromatic carbocycles. The smallest absolute Gasteiger partial charge is 0.321 e. The Morgan fingerprint density at radius 2 is 1.38 bits per heavy atom. The molecule has 1 rings (SSSR count). The van der Waals surface area contributed by atoms with Crippen molar-refractivity contribution in [3.63, 3.8) is 0 Å². The number of urea groups is 1. The van der Waals surface area contributed by atoms with Gasteiger partial charge >= 0.3 is 6.03 Å². The predicted molar refractivity (Wildman–Crippen MR) is 104 cm³/mol. The molecule has 0 fully saturated rings. The van der Waals surface area contributed by atoms with Crippen molar-refractivity contribution < 1.29 is 14.4 Å². The molecule has 1 aromatic rings. The number of imide groups is 1. The summed E-state index contributed by atoms with van der Waals surface area (Å²) in [6.07, 6.45) is 0. The predicted octanol–water partition coefficient (Wildman–Crippen LogP) is 3.10. The first-order chi connectivity index (χ1) is 11.8. The topological polar surface area (TPSA) is 99.3 Å². The van der Waals surface area contributed by atoms with Gasteiger partial charge in [-0.05, 0) is 52.0 Å². The molecule has 0 aliphatic heterocycles. The van der Waals surface area contributed by atoms with Crippen molar-refractivity contribution in [2.45, 2.75) is 60.0 Å². The maximum absolute atomic E-state index is 12.1. The van der Waals surface area contributed by atoms with Gasteiger partial charge < -0.3 is 16.0 Å². The Hall–Kier alpha value is -2.57. The van der Waals surface area contributed by atoms with E-state index in [2.05, 4.69) is 21.3 Å². The molecule has 4 amide bonds. The number of benzene rings is 1. The Bertz CT molecular complexity index is 655. The van der Waals surface area contributed by atoms with Crippen LogP contribution in [0, 0.1) is 5.41 Å². The molecule has 144 valence electrons. The van der Waals surface area contributed by atoms with E-state index in [4.69, 9.17) is 0 Å². The first-order valence-corrected chi connectivity index (χ1v) is 8.59. The van der Waals surface area contributed by atoms with Gasteiger partial charge in [0.1, 0.15) is 6.04 Å². The molecule has 0 bridgehead atoms. The molecule has 0 saturated heterocycles. The minimum atomic E-state index is -0.601. The average molecular weight is 362 g/mol. The lowest BCUT2D eigenvalue weighted by atomic mass is 9.95. The lowest BCUT2D eigenvalue weighted by molar-refractivity contribution is -0.123. The van der Waals surface area contributed by atoms with Gasteiger partial charge in [-0.3, -0.25) is 14.9 Å². The highest BCUT2D eigenvalue weighted by Gasteiger charge is 2.21. The standard InChI is InChI=1S/C19H30N4O3/c1-12(15(24)22-17(26)23-19(5,6)7)20-13-8-10-14(11-9-13)21-16(25)18(2,3)4/h8-12,20H,1-7H3,(H,21,25)(H2,22,23,24,26)/t12-/m1/s1. The zero-order valence-electron chi connectivity index (χ0n) is 16.6. The first kappa shape index (κ1) is 21.5. The van der Waals surface area contributed by atoms with Crippen molar-refractivity contribution in [3.8, 4) is 0 Å². The lowest BCUT2D eigenvalue weighted by Crippen LogP contribution is -2.51. The molecular weight excluding hydrogens is 332 g/mol. The summed E-state index contributed by atoms with van der Waals surface area (Å²) in [6, 6.07) is 5.90. The summed E-state index contributed by atoms with van der Waals surface area (Å²) < 4.78 is 0. The molecule has 7 heteroatoms. The van der Waals surface area contributed by atoms with Gasteiger partial charge in [0.25, 0.3) is 0 Å². The quantitative estimate of drug-likeness (QED) is 0.661. The Labute approximate surface area is 155 Å². The van der Waals surface area contributed by atoms with E-state index in [1.807, 2.05) is 41.5 Å². The third-order valence-electron chi connectivity index (χ3n) is 3.33. The number of carbonyl (C=O) groups is 3. The molecule has 0 aliphatic carbocycles. The Morgan fingerprint density at radius 3 is 1.85 bits per heavy atom. The summed E-state index contributed by atoms with van der Waals surface area (Å²) >= 11 is 0. The van der Waals surface area contributed by atoms with Gasteiger partial charge in [0.05, 0.1) is 0 Å². The number of nitrogens with one attached hydrogen (secondary N) is 4. The van der Waals surface area contributed by atoms with Crippen LogP contribution in [0.2, 0.25) is 0 Å². The first-order valence-electron chi connectivity index (χ1n) is 8.59. The van der Waals surface area contributed by atoms with Gasteiger partial charge in [0, 0.05) is 22.3 Å². The fourth-order valence-corrected chi connectivity index (χ4v) is 1.88. The molecule has 26 heavy (non-hydrogen) atoms. The van der Waals surface area contributed by atoms with Crippen LogP contribution < -0.4 is 21.3 Å². The van der Waals surface area contributed by atoms with Gasteiger partial charge in [-0.1, -0.05) is 20.8 Å². The second kappa shape index (κ2) is 8.21. The van der Waals surface area contributed by atoms with E-state index >= 15 is 0 Å². The molecule has 0 saturated carbocycles. The zero-order chi connectivity index (χ0) is 20.1. The third kappa shape index (κ3) is 7.55. The highest BCUT2D eigenvalue weighted by atomic mass is 16.2. The average Bonchev–Trinajstić information content (AvgIpc) is 2.46. The van der Waals surface area contributed by atoms with Crippen LogP contribution in [0.4, 0.5) is 16.2 Å². The maximum atomic E-state index is 12.1. The number of anilines is 2. The summed E-state index contributed by atoms with van der Waals surface area (Å²) in [5.41, 5.74) is 0.487. The van der Waals surface area contributed by atoms with Crippen LogP contribution in [-0.2, 0) is 9.59 Å². The maximum Gasteiger partial charge on any atom is 0.321 e. The second-order valence-corrected chi connectivity index (χ2v) is 8.34. The Balaban J connectivity index is 2.59. The van der Waals surface area contributed by atoms with E-state index in [-0.39, 0.29) is 5.91 Å². The van der Waals surface area contributed by atoms with E-state index in [0.29, 0.717) is 11.4 Å². The van der Waals surface area contributed by atoms with E-state index in [9.17, 15) is 14.4 Å². The summed E-state index contributed by atoms with van der Waals surface area (Å²) in [6.45, 7) is 12.7. The van der Waals surface area contributed by atoms with Crippen LogP contribution in [0.1, 0.15) is 48.5 Å². The van der Waals surface area contributed by atoms with Crippen molar-refractivity contribution in [2.24, 2.45) is 5.41 Å². The Kier molecular flexibility index (Phi) is 6.78. The molecule has 0 heterocycles. The molecule has 1 atom stereocenters. The van der Waals surface area contributed by atoms with Crippen molar-refractivity contribution in [1.82, 2.24) is 10.6 Å². The number of carbonyl (C=O) groups excluding carboxylic acids is 3. The van der Waals surface area contributed by atoms with Gasteiger partial charge in [-0.25, -0.2) is 4.79 Å². The number of amides is 4. The highest BCUT2D eigenvalue weighted by molar-refractivity contribution is 5.98. The zero-order valence-corrected chi connectivity index (χ0v) is 16.6. The molecule has 7 nitrogen and oxygen atoms in total.